The van der Waals surface area contributed by atoms with Crippen LogP contribution in [0.4, 0.5) is 0 Å². The topological polar surface area (TPSA) is 12.0 Å². The van der Waals surface area contributed by atoms with E-state index in [4.69, 9.17) is 0 Å². The van der Waals surface area contributed by atoms with Gasteiger partial charge in [-0.15, -0.1) is 11.3 Å². The van der Waals surface area contributed by atoms with Crippen molar-refractivity contribution >= 4 is 23.1 Å². The molecular weight excluding hydrogens is 210 g/mol. The summed E-state index contributed by atoms with van der Waals surface area (Å²) in [5.41, 5.74) is 1.44. The monoisotopic (exact) mass is 227 g/mol. The standard InChI is InChI=1S/C11H17NS2/c1-9-4-6-14-11(9)7-12-10-3-2-5-13-8-10/h4,6,10,12H,2-3,5,7-8H2,1H3. The van der Waals surface area contributed by atoms with Crippen molar-refractivity contribution in [3.63, 3.8) is 0 Å². The summed E-state index contributed by atoms with van der Waals surface area (Å²) in [6, 6.07) is 2.95. The van der Waals surface area contributed by atoms with Crippen molar-refractivity contribution in [2.45, 2.75) is 32.4 Å². The van der Waals surface area contributed by atoms with Gasteiger partial charge in [-0.3, -0.25) is 0 Å². The molecule has 1 N–H and O–H groups in total. The van der Waals surface area contributed by atoms with Gasteiger partial charge in [0.2, 0.25) is 0 Å². The molecule has 0 spiro atoms. The number of nitrogens with one attached hydrogen (secondary N) is 1. The van der Waals surface area contributed by atoms with Crippen LogP contribution in [0.3, 0.4) is 0 Å². The van der Waals surface area contributed by atoms with Gasteiger partial charge in [0.15, 0.2) is 0 Å². The summed E-state index contributed by atoms with van der Waals surface area (Å²) in [6.45, 7) is 3.26. The summed E-state index contributed by atoms with van der Waals surface area (Å²) in [4.78, 5) is 1.50. The number of aryl methyl sites for hydroxylation is 1. The Hall–Kier alpha value is 0.01000. The Morgan fingerprint density at radius 1 is 1.57 bits per heavy atom. The highest BCUT2D eigenvalue weighted by molar-refractivity contribution is 7.99. The SMILES string of the molecule is Cc1ccsc1CNC1CCCSC1. The molecule has 0 saturated carbocycles. The van der Waals surface area contributed by atoms with Crippen LogP contribution in [-0.4, -0.2) is 17.5 Å². The molecule has 0 aliphatic carbocycles. The largest absolute Gasteiger partial charge is 0.308 e. The molecule has 1 nitrogen and oxygen atoms in total. The minimum absolute atomic E-state index is 0.746. The Balaban J connectivity index is 1.79. The number of hydrogen-bond donors (Lipinski definition) is 1. The molecule has 1 atom stereocenters. The maximum atomic E-state index is 3.65. The molecule has 1 aromatic rings. The molecule has 14 heavy (non-hydrogen) atoms. The predicted molar refractivity (Wildman–Crippen MR) is 66.2 cm³/mol. The van der Waals surface area contributed by atoms with Gasteiger partial charge in [0.25, 0.3) is 0 Å². The van der Waals surface area contributed by atoms with Gasteiger partial charge >= 0.3 is 0 Å². The summed E-state index contributed by atoms with van der Waals surface area (Å²) >= 11 is 3.95. The van der Waals surface area contributed by atoms with E-state index in [2.05, 4.69) is 35.4 Å². The van der Waals surface area contributed by atoms with Crippen molar-refractivity contribution in [2.75, 3.05) is 11.5 Å². The van der Waals surface area contributed by atoms with E-state index in [1.165, 1.54) is 34.8 Å². The third-order valence-corrected chi connectivity index (χ3v) is 4.92. The van der Waals surface area contributed by atoms with Gasteiger partial charge in [-0.25, -0.2) is 0 Å². The minimum atomic E-state index is 0.746. The van der Waals surface area contributed by atoms with Crippen LogP contribution in [0, 0.1) is 6.92 Å². The zero-order chi connectivity index (χ0) is 9.80. The molecule has 1 fully saturated rings. The summed E-state index contributed by atoms with van der Waals surface area (Å²) in [5.74, 6) is 2.65. The predicted octanol–water partition coefficient (Wildman–Crippen LogP) is 3.04. The molecular formula is C11H17NS2. The van der Waals surface area contributed by atoms with Crippen LogP contribution in [0.15, 0.2) is 11.4 Å². The summed E-state index contributed by atoms with van der Waals surface area (Å²) in [6.07, 6.45) is 2.74. The highest BCUT2D eigenvalue weighted by atomic mass is 32.2. The minimum Gasteiger partial charge on any atom is -0.308 e. The van der Waals surface area contributed by atoms with Crippen molar-refractivity contribution in [1.82, 2.24) is 5.32 Å². The van der Waals surface area contributed by atoms with Crippen LogP contribution < -0.4 is 5.32 Å². The summed E-state index contributed by atoms with van der Waals surface area (Å²) in [7, 11) is 0. The molecule has 0 aromatic carbocycles. The van der Waals surface area contributed by atoms with E-state index >= 15 is 0 Å². The first-order valence-corrected chi connectivity index (χ1v) is 7.24. The van der Waals surface area contributed by atoms with Crippen LogP contribution in [0.2, 0.25) is 0 Å². The Kier molecular flexibility index (Phi) is 3.90. The van der Waals surface area contributed by atoms with E-state index in [1.807, 2.05) is 11.3 Å². The summed E-state index contributed by atoms with van der Waals surface area (Å²) < 4.78 is 0. The fourth-order valence-corrected chi connectivity index (χ4v) is 3.69. The van der Waals surface area contributed by atoms with E-state index < -0.39 is 0 Å². The van der Waals surface area contributed by atoms with Crippen molar-refractivity contribution in [1.29, 1.82) is 0 Å². The highest BCUT2D eigenvalue weighted by Crippen LogP contribution is 2.19. The van der Waals surface area contributed by atoms with Gasteiger partial charge in [-0.1, -0.05) is 0 Å². The van der Waals surface area contributed by atoms with Crippen LogP contribution in [0.5, 0.6) is 0 Å². The Labute approximate surface area is 94.3 Å². The normalized spacial score (nSPS) is 22.5. The molecule has 1 aliphatic heterocycles. The van der Waals surface area contributed by atoms with Gasteiger partial charge in [0.1, 0.15) is 0 Å². The van der Waals surface area contributed by atoms with Crippen molar-refractivity contribution < 1.29 is 0 Å². The molecule has 78 valence electrons. The molecule has 1 aromatic heterocycles. The first-order valence-electron chi connectivity index (χ1n) is 5.20. The third-order valence-electron chi connectivity index (χ3n) is 2.68. The van der Waals surface area contributed by atoms with E-state index in [0.717, 1.165) is 12.6 Å². The Bertz CT molecular complexity index is 277. The van der Waals surface area contributed by atoms with Crippen LogP contribution in [0.25, 0.3) is 0 Å². The van der Waals surface area contributed by atoms with Crippen molar-refractivity contribution in [3.8, 4) is 0 Å². The first kappa shape index (κ1) is 10.5. The lowest BCUT2D eigenvalue weighted by Crippen LogP contribution is -2.33. The smallest absolute Gasteiger partial charge is 0.0305 e. The molecule has 2 rings (SSSR count). The van der Waals surface area contributed by atoms with Gasteiger partial charge in [0, 0.05) is 23.2 Å². The van der Waals surface area contributed by atoms with E-state index in [1.54, 1.807) is 0 Å². The molecule has 3 heteroatoms. The highest BCUT2D eigenvalue weighted by Gasteiger charge is 2.13. The number of thioether (sulfide) groups is 1. The number of hydrogen-bond acceptors (Lipinski definition) is 3. The maximum Gasteiger partial charge on any atom is 0.0305 e. The molecule has 0 bridgehead atoms. The average Bonchev–Trinajstić information content (AvgIpc) is 2.63. The van der Waals surface area contributed by atoms with Crippen LogP contribution in [0.1, 0.15) is 23.3 Å². The van der Waals surface area contributed by atoms with Gasteiger partial charge in [-0.2, -0.15) is 11.8 Å². The van der Waals surface area contributed by atoms with Crippen LogP contribution in [-0.2, 0) is 6.54 Å². The fourth-order valence-electron chi connectivity index (χ4n) is 1.72. The maximum absolute atomic E-state index is 3.65. The lowest BCUT2D eigenvalue weighted by atomic mass is 10.2. The molecule has 1 aliphatic rings. The third kappa shape index (κ3) is 2.75. The van der Waals surface area contributed by atoms with Crippen LogP contribution >= 0.6 is 23.1 Å². The average molecular weight is 227 g/mol. The Morgan fingerprint density at radius 2 is 2.50 bits per heavy atom. The first-order chi connectivity index (χ1) is 6.86. The van der Waals surface area contributed by atoms with E-state index in [0.29, 0.717) is 0 Å². The van der Waals surface area contributed by atoms with Gasteiger partial charge in [-0.05, 0) is 42.5 Å². The summed E-state index contributed by atoms with van der Waals surface area (Å²) in [5, 5.41) is 5.84. The fraction of sp³-hybridized carbons (Fsp3) is 0.636. The molecule has 0 amide bonds. The molecule has 1 saturated heterocycles. The number of rotatable bonds is 3. The Morgan fingerprint density at radius 3 is 3.14 bits per heavy atom. The zero-order valence-electron chi connectivity index (χ0n) is 8.58. The van der Waals surface area contributed by atoms with Gasteiger partial charge < -0.3 is 5.32 Å². The number of thiophene rings is 1. The molecule has 0 radical (unpaired) electrons. The quantitative estimate of drug-likeness (QED) is 0.852. The van der Waals surface area contributed by atoms with Crippen molar-refractivity contribution in [2.24, 2.45) is 0 Å². The van der Waals surface area contributed by atoms with Crippen molar-refractivity contribution in [3.05, 3.63) is 21.9 Å². The molecule has 1 unspecified atom stereocenters. The molecule has 2 heterocycles. The van der Waals surface area contributed by atoms with E-state index in [9.17, 15) is 0 Å². The lowest BCUT2D eigenvalue weighted by Gasteiger charge is -2.22. The second-order valence-corrected chi connectivity index (χ2v) is 5.97. The second kappa shape index (κ2) is 5.19. The van der Waals surface area contributed by atoms with E-state index in [-0.39, 0.29) is 0 Å². The van der Waals surface area contributed by atoms with Gasteiger partial charge in [0.05, 0.1) is 0 Å². The zero-order valence-corrected chi connectivity index (χ0v) is 10.2. The second-order valence-electron chi connectivity index (χ2n) is 3.82. The lowest BCUT2D eigenvalue weighted by molar-refractivity contribution is 0.509.